The average Bonchev–Trinajstić information content (AvgIpc) is 3.74. The fourth-order valence-corrected chi connectivity index (χ4v) is 6.97. The molecule has 6 heteroatoms. The van der Waals surface area contributed by atoms with Crippen LogP contribution in [0.1, 0.15) is 12.8 Å². The number of fused-ring (bicyclic) bond motifs is 3. The van der Waals surface area contributed by atoms with E-state index in [9.17, 15) is 0 Å². The van der Waals surface area contributed by atoms with Gasteiger partial charge in [-0.2, -0.15) is 0 Å². The third-order valence-electron chi connectivity index (χ3n) is 7.93. The number of benzene rings is 4. The Morgan fingerprint density at radius 2 is 1.19 bits per heavy atom. The van der Waals surface area contributed by atoms with Gasteiger partial charge < -0.3 is 4.90 Å². The third-order valence-corrected chi connectivity index (χ3v) is 9.15. The summed E-state index contributed by atoms with van der Waals surface area (Å²) < 4.78 is 2.42. The van der Waals surface area contributed by atoms with E-state index in [2.05, 4.69) is 53.4 Å². The minimum Gasteiger partial charge on any atom is -0.357 e. The summed E-state index contributed by atoms with van der Waals surface area (Å²) in [5.41, 5.74) is 5.11. The van der Waals surface area contributed by atoms with Crippen molar-refractivity contribution in [2.45, 2.75) is 12.8 Å². The number of hydrogen-bond donors (Lipinski definition) is 0. The van der Waals surface area contributed by atoms with Gasteiger partial charge in [0.1, 0.15) is 5.82 Å². The molecule has 0 aliphatic carbocycles. The van der Waals surface area contributed by atoms with Crippen molar-refractivity contribution in [3.05, 3.63) is 115 Å². The Balaban J connectivity index is 1.36. The number of hydrogen-bond acceptors (Lipinski definition) is 6. The molecular formula is C36H27N5S. The van der Waals surface area contributed by atoms with E-state index in [0.717, 1.165) is 46.7 Å². The van der Waals surface area contributed by atoms with Gasteiger partial charge in [0.15, 0.2) is 17.5 Å². The number of rotatable bonds is 5. The van der Waals surface area contributed by atoms with Gasteiger partial charge in [-0.25, -0.2) is 19.9 Å². The van der Waals surface area contributed by atoms with Gasteiger partial charge >= 0.3 is 0 Å². The largest absolute Gasteiger partial charge is 0.357 e. The summed E-state index contributed by atoms with van der Waals surface area (Å²) in [7, 11) is 0. The van der Waals surface area contributed by atoms with E-state index in [-0.39, 0.29) is 0 Å². The molecule has 8 rings (SSSR count). The van der Waals surface area contributed by atoms with Crippen molar-refractivity contribution in [2.75, 3.05) is 18.0 Å². The van der Waals surface area contributed by atoms with Gasteiger partial charge in [0, 0.05) is 61.7 Å². The van der Waals surface area contributed by atoms with Crippen LogP contribution < -0.4 is 4.90 Å². The number of anilines is 1. The lowest BCUT2D eigenvalue weighted by molar-refractivity contribution is 0.938. The summed E-state index contributed by atoms with van der Waals surface area (Å²) in [5.74, 6) is 3.05. The quantitative estimate of drug-likeness (QED) is 0.210. The summed E-state index contributed by atoms with van der Waals surface area (Å²) in [5, 5.41) is 2.44. The van der Waals surface area contributed by atoms with Gasteiger partial charge in [-0.15, -0.1) is 11.3 Å². The highest BCUT2D eigenvalue weighted by atomic mass is 32.1. The van der Waals surface area contributed by atoms with Crippen LogP contribution in [-0.2, 0) is 0 Å². The average molecular weight is 562 g/mol. The molecule has 0 unspecified atom stereocenters. The Kier molecular flexibility index (Phi) is 6.19. The lowest BCUT2D eigenvalue weighted by Crippen LogP contribution is -2.18. The molecule has 0 bridgehead atoms. The third kappa shape index (κ3) is 4.50. The summed E-state index contributed by atoms with van der Waals surface area (Å²) in [6.45, 7) is 2.16. The Bertz CT molecular complexity index is 1970. The molecular weight excluding hydrogens is 534 g/mol. The maximum atomic E-state index is 5.08. The van der Waals surface area contributed by atoms with E-state index in [4.69, 9.17) is 19.9 Å². The zero-order chi connectivity index (χ0) is 27.9. The van der Waals surface area contributed by atoms with Crippen molar-refractivity contribution in [3.8, 4) is 45.3 Å². The fourth-order valence-electron chi connectivity index (χ4n) is 5.78. The number of aromatic nitrogens is 4. The number of thiophene rings is 1. The van der Waals surface area contributed by atoms with Gasteiger partial charge in [0.05, 0.1) is 0 Å². The van der Waals surface area contributed by atoms with Gasteiger partial charge in [0.2, 0.25) is 0 Å². The Morgan fingerprint density at radius 1 is 0.548 bits per heavy atom. The van der Waals surface area contributed by atoms with Crippen LogP contribution in [-0.4, -0.2) is 33.0 Å². The molecule has 5 nitrogen and oxygen atoms in total. The lowest BCUT2D eigenvalue weighted by Gasteiger charge is -2.16. The van der Waals surface area contributed by atoms with Gasteiger partial charge in [-0.1, -0.05) is 78.9 Å². The second-order valence-electron chi connectivity index (χ2n) is 10.6. The zero-order valence-electron chi connectivity index (χ0n) is 22.9. The second-order valence-corrected chi connectivity index (χ2v) is 11.7. The maximum Gasteiger partial charge on any atom is 0.165 e. The predicted octanol–water partition coefficient (Wildman–Crippen LogP) is 8.90. The van der Waals surface area contributed by atoms with E-state index in [1.54, 1.807) is 11.3 Å². The highest BCUT2D eigenvalue weighted by molar-refractivity contribution is 7.26. The van der Waals surface area contributed by atoms with Crippen LogP contribution in [0.4, 0.5) is 5.82 Å². The molecule has 0 spiro atoms. The first kappa shape index (κ1) is 24.8. The first-order chi connectivity index (χ1) is 20.8. The normalized spacial score (nSPS) is 13.3. The topological polar surface area (TPSA) is 54.8 Å². The van der Waals surface area contributed by atoms with Crippen LogP contribution in [0, 0.1) is 0 Å². The van der Waals surface area contributed by atoms with Crippen molar-refractivity contribution in [3.63, 3.8) is 0 Å². The van der Waals surface area contributed by atoms with Crippen molar-refractivity contribution in [1.82, 2.24) is 19.9 Å². The van der Waals surface area contributed by atoms with Crippen molar-refractivity contribution in [2.24, 2.45) is 0 Å². The molecule has 7 aromatic rings. The Morgan fingerprint density at radius 3 is 1.86 bits per heavy atom. The molecule has 0 atom stereocenters. The monoisotopic (exact) mass is 561 g/mol. The van der Waals surface area contributed by atoms with E-state index in [1.807, 2.05) is 66.9 Å². The molecule has 4 heterocycles. The molecule has 1 aliphatic heterocycles. The molecule has 0 amide bonds. The molecule has 42 heavy (non-hydrogen) atoms. The van der Waals surface area contributed by atoms with Crippen molar-refractivity contribution >= 4 is 37.3 Å². The van der Waals surface area contributed by atoms with Crippen molar-refractivity contribution in [1.29, 1.82) is 0 Å². The summed E-state index contributed by atoms with van der Waals surface area (Å²) in [4.78, 5) is 22.3. The van der Waals surface area contributed by atoms with E-state index in [0.29, 0.717) is 17.5 Å². The van der Waals surface area contributed by atoms with E-state index in [1.165, 1.54) is 33.0 Å². The number of nitrogens with zero attached hydrogens (tertiary/aromatic N) is 5. The minimum atomic E-state index is 0.663. The first-order valence-corrected chi connectivity index (χ1v) is 15.2. The summed E-state index contributed by atoms with van der Waals surface area (Å²) in [6.07, 6.45) is 4.47. The van der Waals surface area contributed by atoms with Gasteiger partial charge in [0.25, 0.3) is 0 Å². The van der Waals surface area contributed by atoms with Gasteiger partial charge in [-0.3, -0.25) is 0 Å². The minimum absolute atomic E-state index is 0.663. The molecule has 1 saturated heterocycles. The first-order valence-electron chi connectivity index (χ1n) is 14.3. The SMILES string of the molecule is c1ccc(-c2nc(-c3ccccc3)nc(-c3cc(-c4ccc(N5CCCC5)nc4)cc4c3sc3ccccc34)n2)cc1. The molecule has 1 aliphatic rings. The highest BCUT2D eigenvalue weighted by Crippen LogP contribution is 2.42. The molecule has 4 aromatic carbocycles. The van der Waals surface area contributed by atoms with E-state index < -0.39 is 0 Å². The van der Waals surface area contributed by atoms with E-state index >= 15 is 0 Å². The zero-order valence-corrected chi connectivity index (χ0v) is 23.8. The predicted molar refractivity (Wildman–Crippen MR) is 174 cm³/mol. The fraction of sp³-hybridized carbons (Fsp3) is 0.111. The molecule has 3 aromatic heterocycles. The lowest BCUT2D eigenvalue weighted by atomic mass is 10.00. The molecule has 0 radical (unpaired) electrons. The number of pyridine rings is 1. The molecule has 0 N–H and O–H groups in total. The van der Waals surface area contributed by atoms with Crippen LogP contribution in [0.2, 0.25) is 0 Å². The molecule has 0 saturated carbocycles. The van der Waals surface area contributed by atoms with Crippen molar-refractivity contribution < 1.29 is 0 Å². The second kappa shape index (κ2) is 10.5. The standard InChI is InChI=1S/C36H27N5S/c1-3-11-24(12-4-1)34-38-35(25-13-5-2-6-14-25)40-36(39-34)30-22-27(21-29-28-15-7-8-16-31(28)42-33(29)30)26-17-18-32(37-23-26)41-19-9-10-20-41/h1-8,11-18,21-23H,9-10,19-20H2. The van der Waals surface area contributed by atoms with Gasteiger partial charge in [-0.05, 0) is 48.7 Å². The van der Waals surface area contributed by atoms with Crippen LogP contribution in [0.3, 0.4) is 0 Å². The highest BCUT2D eigenvalue weighted by Gasteiger charge is 2.19. The maximum absolute atomic E-state index is 5.08. The van der Waals surface area contributed by atoms with Crippen LogP contribution in [0.5, 0.6) is 0 Å². The van der Waals surface area contributed by atoms with Crippen LogP contribution >= 0.6 is 11.3 Å². The molecule has 202 valence electrons. The Hall–Kier alpha value is -4.94. The van der Waals surface area contributed by atoms with Crippen LogP contribution in [0.15, 0.2) is 115 Å². The molecule has 1 fully saturated rings. The van der Waals surface area contributed by atoms with Crippen LogP contribution in [0.25, 0.3) is 65.5 Å². The summed E-state index contributed by atoms with van der Waals surface area (Å²) >= 11 is 1.79. The smallest absolute Gasteiger partial charge is 0.165 e. The Labute approximate surface area is 248 Å². The summed E-state index contributed by atoms with van der Waals surface area (Å²) in [6, 6.07) is 37.8.